The molecule has 5 heteroatoms. The molecule has 0 aliphatic heterocycles. The van der Waals surface area contributed by atoms with Crippen molar-refractivity contribution in [2.75, 3.05) is 0 Å². The van der Waals surface area contributed by atoms with Gasteiger partial charge in [0.1, 0.15) is 10.5 Å². The van der Waals surface area contributed by atoms with Gasteiger partial charge in [0, 0.05) is 21.5 Å². The van der Waals surface area contributed by atoms with Gasteiger partial charge in [-0.2, -0.15) is 0 Å². The van der Waals surface area contributed by atoms with Crippen molar-refractivity contribution in [1.82, 2.24) is 9.97 Å². The zero-order valence-electron chi connectivity index (χ0n) is 10.00. The summed E-state index contributed by atoms with van der Waals surface area (Å²) in [5.41, 5.74) is 1.67. The van der Waals surface area contributed by atoms with E-state index in [0.717, 1.165) is 17.1 Å². The average molecular weight is 299 g/mol. The van der Waals surface area contributed by atoms with Crippen molar-refractivity contribution in [2.24, 2.45) is 0 Å². The number of aromatic amines is 1. The summed E-state index contributed by atoms with van der Waals surface area (Å²) >= 11 is 17.4. The smallest absolute Gasteiger partial charge is 0.130 e. The highest BCUT2D eigenvalue weighted by molar-refractivity contribution is 7.71. The Bertz CT molecular complexity index is 635. The Kier molecular flexibility index (Phi) is 4.05. The van der Waals surface area contributed by atoms with Gasteiger partial charge in [-0.1, -0.05) is 49.3 Å². The van der Waals surface area contributed by atoms with E-state index in [1.54, 1.807) is 18.2 Å². The highest BCUT2D eigenvalue weighted by atomic mass is 35.5. The van der Waals surface area contributed by atoms with Crippen molar-refractivity contribution in [1.29, 1.82) is 0 Å². The van der Waals surface area contributed by atoms with Crippen molar-refractivity contribution in [3.63, 3.8) is 0 Å². The minimum atomic E-state index is 0.268. The van der Waals surface area contributed by atoms with E-state index in [-0.39, 0.29) is 5.92 Å². The fourth-order valence-corrected chi connectivity index (χ4v) is 2.21. The first kappa shape index (κ1) is 13.5. The Morgan fingerprint density at radius 3 is 2.61 bits per heavy atom. The molecule has 18 heavy (non-hydrogen) atoms. The van der Waals surface area contributed by atoms with E-state index in [4.69, 9.17) is 35.4 Å². The van der Waals surface area contributed by atoms with Crippen LogP contribution in [0.4, 0.5) is 0 Å². The Hall–Kier alpha value is -0.900. The molecule has 2 aromatic rings. The van der Waals surface area contributed by atoms with Gasteiger partial charge >= 0.3 is 0 Å². The molecule has 1 heterocycles. The van der Waals surface area contributed by atoms with Crippen LogP contribution in [0.25, 0.3) is 11.3 Å². The van der Waals surface area contributed by atoms with Crippen molar-refractivity contribution < 1.29 is 0 Å². The summed E-state index contributed by atoms with van der Waals surface area (Å²) < 4.78 is 0.545. The normalized spacial score (nSPS) is 10.9. The summed E-state index contributed by atoms with van der Waals surface area (Å²) in [6.07, 6.45) is 0. The topological polar surface area (TPSA) is 28.7 Å². The molecule has 0 amide bonds. The number of benzene rings is 1. The van der Waals surface area contributed by atoms with Gasteiger partial charge in [0.2, 0.25) is 0 Å². The molecule has 0 aliphatic rings. The highest BCUT2D eigenvalue weighted by Crippen LogP contribution is 2.29. The van der Waals surface area contributed by atoms with E-state index >= 15 is 0 Å². The van der Waals surface area contributed by atoms with Crippen LogP contribution >= 0.6 is 35.4 Å². The molecule has 2 nitrogen and oxygen atoms in total. The van der Waals surface area contributed by atoms with Crippen LogP contribution in [0.1, 0.15) is 25.6 Å². The molecule has 0 bridgehead atoms. The summed E-state index contributed by atoms with van der Waals surface area (Å²) in [6.45, 7) is 4.11. The Morgan fingerprint density at radius 1 is 1.22 bits per heavy atom. The van der Waals surface area contributed by atoms with Crippen LogP contribution in [0, 0.1) is 4.64 Å². The standard InChI is InChI=1S/C13H12Cl2N2S/c1-7(2)13-16-11(6-12(18)17-13)9-5-8(14)3-4-10(9)15/h3-7H,1-2H3,(H,16,17,18). The number of rotatable bonds is 2. The van der Waals surface area contributed by atoms with Crippen LogP contribution < -0.4 is 0 Å². The monoisotopic (exact) mass is 298 g/mol. The number of H-pyrrole nitrogens is 1. The van der Waals surface area contributed by atoms with Gasteiger partial charge in [0.15, 0.2) is 0 Å². The molecule has 0 radical (unpaired) electrons. The fraction of sp³-hybridized carbons (Fsp3) is 0.231. The van der Waals surface area contributed by atoms with E-state index in [9.17, 15) is 0 Å². The van der Waals surface area contributed by atoms with Gasteiger partial charge < -0.3 is 4.98 Å². The summed E-state index contributed by atoms with van der Waals surface area (Å²) in [6, 6.07) is 7.13. The van der Waals surface area contributed by atoms with E-state index in [1.165, 1.54) is 0 Å². The number of nitrogens with zero attached hydrogens (tertiary/aromatic N) is 1. The Labute approximate surface area is 121 Å². The molecule has 0 fully saturated rings. The zero-order valence-corrected chi connectivity index (χ0v) is 12.3. The SMILES string of the molecule is CC(C)c1nc(=S)cc(-c2cc(Cl)ccc2Cl)[nH]1. The summed E-state index contributed by atoms with van der Waals surface area (Å²) in [7, 11) is 0. The van der Waals surface area contributed by atoms with Crippen LogP contribution in [0.3, 0.4) is 0 Å². The van der Waals surface area contributed by atoms with E-state index in [2.05, 4.69) is 23.8 Å². The van der Waals surface area contributed by atoms with Crippen molar-refractivity contribution >= 4 is 35.4 Å². The molecule has 94 valence electrons. The first-order valence-electron chi connectivity index (χ1n) is 5.54. The zero-order chi connectivity index (χ0) is 13.3. The lowest BCUT2D eigenvalue weighted by atomic mass is 10.1. The molecule has 0 atom stereocenters. The first-order valence-corrected chi connectivity index (χ1v) is 6.70. The largest absolute Gasteiger partial charge is 0.343 e. The molecule has 0 aliphatic carbocycles. The molecule has 0 spiro atoms. The number of hydrogen-bond acceptors (Lipinski definition) is 2. The van der Waals surface area contributed by atoms with Crippen LogP contribution in [-0.4, -0.2) is 9.97 Å². The predicted molar refractivity (Wildman–Crippen MR) is 79.0 cm³/mol. The van der Waals surface area contributed by atoms with Gasteiger partial charge in [0.25, 0.3) is 0 Å². The van der Waals surface area contributed by atoms with Crippen LogP contribution in [0.2, 0.25) is 10.0 Å². The minimum Gasteiger partial charge on any atom is -0.343 e. The van der Waals surface area contributed by atoms with E-state index < -0.39 is 0 Å². The second-order valence-corrected chi connectivity index (χ2v) is 5.56. The van der Waals surface area contributed by atoms with Gasteiger partial charge in [-0.05, 0) is 24.3 Å². The third-order valence-corrected chi connectivity index (χ3v) is 3.30. The molecule has 1 aromatic carbocycles. The summed E-state index contributed by atoms with van der Waals surface area (Å²) in [5.74, 6) is 1.11. The second-order valence-electron chi connectivity index (χ2n) is 4.30. The molecular weight excluding hydrogens is 287 g/mol. The third kappa shape index (κ3) is 2.91. The highest BCUT2D eigenvalue weighted by Gasteiger charge is 2.08. The first-order chi connectivity index (χ1) is 8.47. The van der Waals surface area contributed by atoms with Crippen LogP contribution in [-0.2, 0) is 0 Å². The summed E-state index contributed by atoms with van der Waals surface area (Å²) in [5, 5.41) is 1.27. The van der Waals surface area contributed by atoms with E-state index in [0.29, 0.717) is 14.7 Å². The number of aromatic nitrogens is 2. The lowest BCUT2D eigenvalue weighted by Gasteiger charge is -2.10. The van der Waals surface area contributed by atoms with Crippen LogP contribution in [0.5, 0.6) is 0 Å². The third-order valence-electron chi connectivity index (χ3n) is 2.53. The minimum absolute atomic E-state index is 0.268. The maximum absolute atomic E-state index is 6.18. The maximum atomic E-state index is 6.18. The van der Waals surface area contributed by atoms with Crippen molar-refractivity contribution in [3.05, 3.63) is 44.8 Å². The molecule has 1 N–H and O–H groups in total. The summed E-state index contributed by atoms with van der Waals surface area (Å²) in [4.78, 5) is 7.54. The quantitative estimate of drug-likeness (QED) is 0.768. The van der Waals surface area contributed by atoms with Crippen LogP contribution in [0.15, 0.2) is 24.3 Å². The lowest BCUT2D eigenvalue weighted by molar-refractivity contribution is 0.773. The van der Waals surface area contributed by atoms with Gasteiger partial charge in [-0.15, -0.1) is 0 Å². The number of nitrogens with one attached hydrogen (secondary N) is 1. The lowest BCUT2D eigenvalue weighted by Crippen LogP contribution is -1.99. The van der Waals surface area contributed by atoms with Gasteiger partial charge in [-0.3, -0.25) is 0 Å². The number of hydrogen-bond donors (Lipinski definition) is 1. The molecule has 1 aromatic heterocycles. The van der Waals surface area contributed by atoms with Gasteiger partial charge in [0.05, 0.1) is 5.69 Å². The Balaban J connectivity index is 2.63. The molecule has 0 unspecified atom stereocenters. The fourth-order valence-electron chi connectivity index (χ4n) is 1.60. The Morgan fingerprint density at radius 2 is 1.94 bits per heavy atom. The average Bonchev–Trinajstić information content (AvgIpc) is 2.31. The second kappa shape index (κ2) is 5.39. The number of halogens is 2. The van der Waals surface area contributed by atoms with Gasteiger partial charge in [-0.25, -0.2) is 4.98 Å². The predicted octanol–water partition coefficient (Wildman–Crippen LogP) is 5.24. The van der Waals surface area contributed by atoms with Crippen molar-refractivity contribution in [2.45, 2.75) is 19.8 Å². The molecule has 2 rings (SSSR count). The molecule has 0 saturated heterocycles. The molecule has 0 saturated carbocycles. The maximum Gasteiger partial charge on any atom is 0.130 e. The van der Waals surface area contributed by atoms with Crippen molar-refractivity contribution in [3.8, 4) is 11.3 Å². The molecular formula is C13H12Cl2N2S. The van der Waals surface area contributed by atoms with E-state index in [1.807, 2.05) is 6.07 Å².